The minimum Gasteiger partial charge on any atom is -0.365 e. The predicted molar refractivity (Wildman–Crippen MR) is 82.1 cm³/mol. The van der Waals surface area contributed by atoms with Crippen LogP contribution in [0.5, 0.6) is 0 Å². The molecule has 20 heavy (non-hydrogen) atoms. The lowest BCUT2D eigenvalue weighted by molar-refractivity contribution is -0.145. The van der Waals surface area contributed by atoms with E-state index in [1.807, 2.05) is 6.92 Å². The molecule has 2 aliphatic rings. The second-order valence-electron chi connectivity index (χ2n) is 5.05. The van der Waals surface area contributed by atoms with E-state index in [1.165, 1.54) is 18.2 Å². The van der Waals surface area contributed by atoms with E-state index >= 15 is 0 Å². The molecule has 0 spiro atoms. The van der Waals surface area contributed by atoms with Crippen molar-refractivity contribution < 1.29 is 14.3 Å². The molecular weight excluding hydrogens is 296 g/mol. The molecule has 1 N–H and O–H groups in total. The summed E-state index contributed by atoms with van der Waals surface area (Å²) in [6.07, 6.45) is 5.83. The van der Waals surface area contributed by atoms with Crippen LogP contribution >= 0.6 is 24.0 Å². The Kier molecular flexibility index (Phi) is 5.80. The minimum absolute atomic E-state index is 0.162. The number of carbonyl (C=O) groups is 2. The molecule has 0 aromatic rings. The Bertz CT molecular complexity index is 381. The van der Waals surface area contributed by atoms with Crippen LogP contribution in [0.1, 0.15) is 45.4 Å². The summed E-state index contributed by atoms with van der Waals surface area (Å²) in [7, 11) is 0. The quantitative estimate of drug-likeness (QED) is 0.786. The lowest BCUT2D eigenvalue weighted by atomic mass is 9.97. The molecule has 1 saturated heterocycles. The van der Waals surface area contributed by atoms with Gasteiger partial charge in [-0.3, -0.25) is 15.0 Å². The van der Waals surface area contributed by atoms with Gasteiger partial charge in [0.25, 0.3) is 11.8 Å². The molecule has 2 amide bonds. The molecule has 112 valence electrons. The fourth-order valence-electron chi connectivity index (χ4n) is 2.42. The molecule has 2 rings (SSSR count). The van der Waals surface area contributed by atoms with Crippen LogP contribution in [0.25, 0.3) is 0 Å². The highest BCUT2D eigenvalue weighted by Crippen LogP contribution is 2.22. The first kappa shape index (κ1) is 15.7. The number of nitrogens with zero attached hydrogens (tertiary/aromatic N) is 1. The van der Waals surface area contributed by atoms with Gasteiger partial charge in [-0.2, -0.15) is 0 Å². The van der Waals surface area contributed by atoms with Gasteiger partial charge in [0, 0.05) is 0 Å². The lowest BCUT2D eigenvalue weighted by Gasteiger charge is -2.27. The summed E-state index contributed by atoms with van der Waals surface area (Å²) < 4.78 is 6.28. The zero-order valence-electron chi connectivity index (χ0n) is 11.6. The van der Waals surface area contributed by atoms with Crippen molar-refractivity contribution in [2.75, 3.05) is 5.75 Å². The Balaban J connectivity index is 1.88. The van der Waals surface area contributed by atoms with Gasteiger partial charge in [0.05, 0.1) is 11.9 Å². The Morgan fingerprint density at radius 1 is 1.50 bits per heavy atom. The Labute approximate surface area is 128 Å². The van der Waals surface area contributed by atoms with Crippen LogP contribution in [0, 0.1) is 0 Å². The van der Waals surface area contributed by atoms with Crippen molar-refractivity contribution in [3.63, 3.8) is 0 Å². The van der Waals surface area contributed by atoms with Gasteiger partial charge in [-0.1, -0.05) is 50.2 Å². The highest BCUT2D eigenvalue weighted by Gasteiger charge is 2.31. The van der Waals surface area contributed by atoms with Crippen LogP contribution in [0.3, 0.4) is 0 Å². The molecule has 1 atom stereocenters. The van der Waals surface area contributed by atoms with E-state index in [0.717, 1.165) is 30.7 Å². The average molecular weight is 316 g/mol. The van der Waals surface area contributed by atoms with Gasteiger partial charge in [0.2, 0.25) is 0 Å². The molecule has 7 heteroatoms. The lowest BCUT2D eigenvalue weighted by Crippen LogP contribution is -2.50. The van der Waals surface area contributed by atoms with Crippen LogP contribution in [-0.4, -0.2) is 39.1 Å². The highest BCUT2D eigenvalue weighted by atomic mass is 32.2. The van der Waals surface area contributed by atoms with Crippen molar-refractivity contribution in [3.8, 4) is 0 Å². The van der Waals surface area contributed by atoms with E-state index < -0.39 is 6.10 Å². The molecule has 2 fully saturated rings. The number of thioether (sulfide) groups is 1. The summed E-state index contributed by atoms with van der Waals surface area (Å²) in [5, 5.41) is 1.16. The third-order valence-corrected chi connectivity index (χ3v) is 4.90. The van der Waals surface area contributed by atoms with Crippen molar-refractivity contribution in [1.82, 2.24) is 10.4 Å². The second-order valence-corrected chi connectivity index (χ2v) is 6.66. The van der Waals surface area contributed by atoms with Gasteiger partial charge < -0.3 is 4.74 Å². The summed E-state index contributed by atoms with van der Waals surface area (Å²) in [5.41, 5.74) is 2.58. The number of hydrazine groups is 1. The molecule has 1 heterocycles. The van der Waals surface area contributed by atoms with E-state index in [0.29, 0.717) is 16.5 Å². The Hall–Kier alpha value is -0.660. The van der Waals surface area contributed by atoms with Gasteiger partial charge in [0.1, 0.15) is 6.10 Å². The molecule has 1 aliphatic heterocycles. The first-order valence-corrected chi connectivity index (χ1v) is 8.47. The fourth-order valence-corrected chi connectivity index (χ4v) is 3.40. The molecule has 0 aromatic heterocycles. The SMILES string of the molecule is CC[C@H](OC1CCCCC1)C(=O)NN1C(=O)CSC1=S. The number of hydrogen-bond donors (Lipinski definition) is 1. The van der Waals surface area contributed by atoms with Gasteiger partial charge in [-0.05, 0) is 19.3 Å². The van der Waals surface area contributed by atoms with Crippen molar-refractivity contribution in [3.05, 3.63) is 0 Å². The summed E-state index contributed by atoms with van der Waals surface area (Å²) in [5.74, 6) is -0.170. The van der Waals surface area contributed by atoms with Crippen molar-refractivity contribution in [1.29, 1.82) is 0 Å². The Morgan fingerprint density at radius 2 is 2.20 bits per heavy atom. The second kappa shape index (κ2) is 7.38. The van der Waals surface area contributed by atoms with Crippen LogP contribution in [0.2, 0.25) is 0 Å². The van der Waals surface area contributed by atoms with E-state index in [4.69, 9.17) is 17.0 Å². The van der Waals surface area contributed by atoms with E-state index in [1.54, 1.807) is 0 Å². The van der Waals surface area contributed by atoms with Crippen molar-refractivity contribution >= 4 is 40.1 Å². The zero-order valence-corrected chi connectivity index (χ0v) is 13.2. The van der Waals surface area contributed by atoms with Gasteiger partial charge in [-0.25, -0.2) is 5.01 Å². The van der Waals surface area contributed by atoms with Gasteiger partial charge in [0.15, 0.2) is 4.32 Å². The molecule has 0 aromatic carbocycles. The van der Waals surface area contributed by atoms with Crippen LogP contribution < -0.4 is 5.43 Å². The topological polar surface area (TPSA) is 58.6 Å². The van der Waals surface area contributed by atoms with Crippen LogP contribution in [0.4, 0.5) is 0 Å². The summed E-state index contributed by atoms with van der Waals surface area (Å²) in [6.45, 7) is 1.91. The largest absolute Gasteiger partial charge is 0.365 e. The molecular formula is C13H20N2O3S2. The maximum absolute atomic E-state index is 12.2. The fraction of sp³-hybridized carbons (Fsp3) is 0.769. The van der Waals surface area contributed by atoms with E-state index in [-0.39, 0.29) is 17.9 Å². The highest BCUT2D eigenvalue weighted by molar-refractivity contribution is 8.23. The summed E-state index contributed by atoms with van der Waals surface area (Å²) in [6, 6.07) is 0. The van der Waals surface area contributed by atoms with Crippen LogP contribution in [0.15, 0.2) is 0 Å². The normalized spacial score (nSPS) is 22.1. The number of nitrogens with one attached hydrogen (secondary N) is 1. The molecule has 0 bridgehead atoms. The monoisotopic (exact) mass is 316 g/mol. The van der Waals surface area contributed by atoms with Crippen molar-refractivity contribution in [2.24, 2.45) is 0 Å². The summed E-state index contributed by atoms with van der Waals surface area (Å²) in [4.78, 5) is 23.8. The molecule has 0 unspecified atom stereocenters. The third-order valence-electron chi connectivity index (χ3n) is 3.55. The number of carbonyl (C=O) groups excluding carboxylic acids is 2. The number of thiocarbonyl (C=S) groups is 1. The zero-order chi connectivity index (χ0) is 14.5. The van der Waals surface area contributed by atoms with E-state index in [2.05, 4.69) is 5.43 Å². The standard InChI is InChI=1S/C13H20N2O3S2/c1-2-10(18-9-6-4-3-5-7-9)12(17)14-15-11(16)8-20-13(15)19/h9-10H,2-8H2,1H3,(H,14,17)/t10-/m0/s1. The molecule has 1 saturated carbocycles. The molecule has 5 nitrogen and oxygen atoms in total. The third kappa shape index (κ3) is 3.93. The predicted octanol–water partition coefficient (Wildman–Crippen LogP) is 2.01. The van der Waals surface area contributed by atoms with Crippen molar-refractivity contribution in [2.45, 2.75) is 57.7 Å². The Morgan fingerprint density at radius 3 is 2.75 bits per heavy atom. The molecule has 1 aliphatic carbocycles. The average Bonchev–Trinajstić information content (AvgIpc) is 2.77. The molecule has 0 radical (unpaired) electrons. The number of amides is 2. The summed E-state index contributed by atoms with van der Waals surface area (Å²) >= 11 is 6.30. The first-order chi connectivity index (χ1) is 9.61. The van der Waals surface area contributed by atoms with E-state index in [9.17, 15) is 9.59 Å². The minimum atomic E-state index is -0.515. The van der Waals surface area contributed by atoms with Gasteiger partial charge in [-0.15, -0.1) is 0 Å². The van der Waals surface area contributed by atoms with Gasteiger partial charge >= 0.3 is 0 Å². The number of rotatable bonds is 5. The van der Waals surface area contributed by atoms with Crippen LogP contribution in [-0.2, 0) is 14.3 Å². The number of hydrogen-bond acceptors (Lipinski definition) is 5. The maximum atomic E-state index is 12.2. The number of ether oxygens (including phenoxy) is 1. The maximum Gasteiger partial charge on any atom is 0.268 e. The first-order valence-electron chi connectivity index (χ1n) is 7.07. The smallest absolute Gasteiger partial charge is 0.268 e.